The maximum absolute atomic E-state index is 13.7. The van der Waals surface area contributed by atoms with Gasteiger partial charge in [0.1, 0.15) is 11.6 Å². The Kier molecular flexibility index (Phi) is 4.77. The molecule has 0 aromatic heterocycles. The van der Waals surface area contributed by atoms with Crippen molar-refractivity contribution in [2.45, 2.75) is 44.8 Å². The molecule has 1 aliphatic carbocycles. The smallest absolute Gasteiger partial charge is 0.131 e. The molecule has 0 aliphatic heterocycles. The summed E-state index contributed by atoms with van der Waals surface area (Å²) in [4.78, 5) is 0. The molecule has 0 heterocycles. The van der Waals surface area contributed by atoms with E-state index in [1.165, 1.54) is 6.07 Å². The van der Waals surface area contributed by atoms with Crippen molar-refractivity contribution < 1.29 is 14.6 Å². The van der Waals surface area contributed by atoms with Crippen LogP contribution in [0.1, 0.15) is 44.2 Å². The number of benzene rings is 1. The normalized spacial score (nSPS) is 25.2. The molecule has 4 heteroatoms. The highest BCUT2D eigenvalue weighted by atomic mass is 19.1. The maximum Gasteiger partial charge on any atom is 0.131 e. The molecule has 1 fully saturated rings. The first-order valence-electron chi connectivity index (χ1n) is 6.96. The molecule has 0 spiro atoms. The monoisotopic (exact) mass is 267 g/mol. The number of phenolic OH excluding ortho intramolecular Hbond substituents is 1. The number of rotatable bonds is 4. The molecule has 0 saturated heterocycles. The predicted molar refractivity (Wildman–Crippen MR) is 72.4 cm³/mol. The standard InChI is InChI=1S/C15H22FNO2/c1-10(14-6-5-13(19)8-15(14)16)17-9-11-3-2-4-12(18)7-11/h5-6,8,10-12,17-19H,2-4,7,9H2,1H3. The first kappa shape index (κ1) is 14.3. The molecule has 0 bridgehead atoms. The third-order valence-corrected chi connectivity index (χ3v) is 3.92. The van der Waals surface area contributed by atoms with Crippen LogP contribution in [0.5, 0.6) is 5.75 Å². The molecule has 3 nitrogen and oxygen atoms in total. The molecule has 19 heavy (non-hydrogen) atoms. The largest absolute Gasteiger partial charge is 0.508 e. The molecule has 0 radical (unpaired) electrons. The summed E-state index contributed by atoms with van der Waals surface area (Å²) in [5, 5.41) is 22.1. The molecule has 1 saturated carbocycles. The van der Waals surface area contributed by atoms with Crippen molar-refractivity contribution >= 4 is 0 Å². The summed E-state index contributed by atoms with van der Waals surface area (Å²) in [5.74, 6) is 0.0268. The lowest BCUT2D eigenvalue weighted by Gasteiger charge is -2.27. The van der Waals surface area contributed by atoms with E-state index in [2.05, 4.69) is 5.32 Å². The Hall–Kier alpha value is -1.13. The number of hydrogen-bond acceptors (Lipinski definition) is 3. The minimum Gasteiger partial charge on any atom is -0.508 e. The fraction of sp³-hybridized carbons (Fsp3) is 0.600. The summed E-state index contributed by atoms with van der Waals surface area (Å²) in [5.41, 5.74) is 0.564. The van der Waals surface area contributed by atoms with Crippen LogP contribution in [-0.4, -0.2) is 22.9 Å². The minimum atomic E-state index is -0.385. The first-order valence-corrected chi connectivity index (χ1v) is 6.96. The number of aliphatic hydroxyl groups is 1. The van der Waals surface area contributed by atoms with Gasteiger partial charge in [0, 0.05) is 17.7 Å². The van der Waals surface area contributed by atoms with E-state index in [1.54, 1.807) is 6.07 Å². The Bertz CT molecular complexity index is 425. The van der Waals surface area contributed by atoms with Gasteiger partial charge < -0.3 is 15.5 Å². The van der Waals surface area contributed by atoms with Crippen LogP contribution in [0.2, 0.25) is 0 Å². The zero-order valence-corrected chi connectivity index (χ0v) is 11.3. The van der Waals surface area contributed by atoms with Gasteiger partial charge >= 0.3 is 0 Å². The molecule has 0 amide bonds. The lowest BCUT2D eigenvalue weighted by Crippen LogP contribution is -2.31. The highest BCUT2D eigenvalue weighted by Crippen LogP contribution is 2.25. The van der Waals surface area contributed by atoms with Crippen LogP contribution in [0, 0.1) is 11.7 Å². The summed E-state index contributed by atoms with van der Waals surface area (Å²) >= 11 is 0. The van der Waals surface area contributed by atoms with Crippen molar-refractivity contribution in [2.24, 2.45) is 5.92 Å². The number of aromatic hydroxyl groups is 1. The van der Waals surface area contributed by atoms with E-state index in [0.717, 1.165) is 38.3 Å². The maximum atomic E-state index is 13.7. The van der Waals surface area contributed by atoms with Crippen molar-refractivity contribution in [3.05, 3.63) is 29.6 Å². The van der Waals surface area contributed by atoms with Gasteiger partial charge in [0.05, 0.1) is 6.10 Å². The first-order chi connectivity index (χ1) is 9.06. The average Bonchev–Trinajstić information content (AvgIpc) is 2.36. The molecule has 1 aliphatic rings. The lowest BCUT2D eigenvalue weighted by molar-refractivity contribution is 0.0997. The number of aliphatic hydroxyl groups excluding tert-OH is 1. The number of nitrogens with one attached hydrogen (secondary N) is 1. The van der Waals surface area contributed by atoms with E-state index in [1.807, 2.05) is 6.92 Å². The topological polar surface area (TPSA) is 52.5 Å². The second-order valence-corrected chi connectivity index (χ2v) is 5.52. The van der Waals surface area contributed by atoms with Gasteiger partial charge in [-0.25, -0.2) is 4.39 Å². The van der Waals surface area contributed by atoms with Crippen LogP contribution in [0.25, 0.3) is 0 Å². The van der Waals surface area contributed by atoms with E-state index < -0.39 is 0 Å². The Morgan fingerprint density at radius 2 is 2.21 bits per heavy atom. The molecule has 3 N–H and O–H groups in total. The van der Waals surface area contributed by atoms with Gasteiger partial charge in [-0.2, -0.15) is 0 Å². The van der Waals surface area contributed by atoms with E-state index in [4.69, 9.17) is 0 Å². The molecule has 106 valence electrons. The van der Waals surface area contributed by atoms with Gasteiger partial charge in [-0.05, 0) is 44.7 Å². The molecular formula is C15H22FNO2. The third kappa shape index (κ3) is 3.91. The summed E-state index contributed by atoms with van der Waals surface area (Å²) in [6.45, 7) is 2.70. The third-order valence-electron chi connectivity index (χ3n) is 3.92. The molecule has 3 atom stereocenters. The van der Waals surface area contributed by atoms with Gasteiger partial charge in [-0.3, -0.25) is 0 Å². The van der Waals surface area contributed by atoms with Gasteiger partial charge in [0.25, 0.3) is 0 Å². The number of phenols is 1. The highest BCUT2D eigenvalue weighted by Gasteiger charge is 2.21. The van der Waals surface area contributed by atoms with Crippen LogP contribution in [-0.2, 0) is 0 Å². The summed E-state index contributed by atoms with van der Waals surface area (Å²) in [7, 11) is 0. The van der Waals surface area contributed by atoms with Gasteiger partial charge in [-0.15, -0.1) is 0 Å². The molecule has 1 aromatic rings. The Labute approximate surface area is 113 Å². The fourth-order valence-corrected chi connectivity index (χ4v) is 2.77. The minimum absolute atomic E-state index is 0.0520. The Morgan fingerprint density at radius 3 is 2.89 bits per heavy atom. The van der Waals surface area contributed by atoms with Gasteiger partial charge in [-0.1, -0.05) is 12.5 Å². The van der Waals surface area contributed by atoms with Crippen molar-refractivity contribution in [2.75, 3.05) is 6.54 Å². The van der Waals surface area contributed by atoms with Crippen LogP contribution < -0.4 is 5.32 Å². The van der Waals surface area contributed by atoms with Gasteiger partial charge in [0.2, 0.25) is 0 Å². The summed E-state index contributed by atoms with van der Waals surface area (Å²) in [6, 6.07) is 4.15. The molecule has 2 rings (SSSR count). The SMILES string of the molecule is CC(NCC1CCCC(O)C1)c1ccc(O)cc1F. The zero-order chi connectivity index (χ0) is 13.8. The summed E-state index contributed by atoms with van der Waals surface area (Å²) in [6.07, 6.45) is 3.74. The molecule has 3 unspecified atom stereocenters. The van der Waals surface area contributed by atoms with E-state index in [-0.39, 0.29) is 23.7 Å². The van der Waals surface area contributed by atoms with E-state index in [9.17, 15) is 14.6 Å². The second kappa shape index (κ2) is 6.35. The molecule has 1 aromatic carbocycles. The fourth-order valence-electron chi connectivity index (χ4n) is 2.77. The average molecular weight is 267 g/mol. The number of halogens is 1. The zero-order valence-electron chi connectivity index (χ0n) is 11.3. The predicted octanol–water partition coefficient (Wildman–Crippen LogP) is 2.73. The van der Waals surface area contributed by atoms with Crippen molar-refractivity contribution in [3.63, 3.8) is 0 Å². The lowest BCUT2D eigenvalue weighted by atomic mass is 9.87. The number of hydrogen-bond donors (Lipinski definition) is 3. The van der Waals surface area contributed by atoms with Crippen LogP contribution in [0.15, 0.2) is 18.2 Å². The highest BCUT2D eigenvalue weighted by molar-refractivity contribution is 5.29. The van der Waals surface area contributed by atoms with Crippen molar-refractivity contribution in [3.8, 4) is 5.75 Å². The second-order valence-electron chi connectivity index (χ2n) is 5.52. The van der Waals surface area contributed by atoms with Crippen LogP contribution in [0.3, 0.4) is 0 Å². The van der Waals surface area contributed by atoms with Crippen LogP contribution >= 0.6 is 0 Å². The quantitative estimate of drug-likeness (QED) is 0.786. The van der Waals surface area contributed by atoms with E-state index in [0.29, 0.717) is 11.5 Å². The van der Waals surface area contributed by atoms with Crippen LogP contribution in [0.4, 0.5) is 4.39 Å². The Balaban J connectivity index is 1.88. The molecular weight excluding hydrogens is 245 g/mol. The van der Waals surface area contributed by atoms with E-state index >= 15 is 0 Å². The Morgan fingerprint density at radius 1 is 1.42 bits per heavy atom. The van der Waals surface area contributed by atoms with Crippen molar-refractivity contribution in [1.29, 1.82) is 0 Å². The summed E-state index contributed by atoms with van der Waals surface area (Å²) < 4.78 is 13.7. The van der Waals surface area contributed by atoms with Gasteiger partial charge in [0.15, 0.2) is 0 Å². The van der Waals surface area contributed by atoms with Crippen molar-refractivity contribution in [1.82, 2.24) is 5.32 Å².